The number of rotatable bonds is 6. The Kier molecular flexibility index (Phi) is 5.09. The van der Waals surface area contributed by atoms with Crippen LogP contribution in [0.2, 0.25) is 0 Å². The Balaban J connectivity index is 2.06. The predicted octanol–water partition coefficient (Wildman–Crippen LogP) is 6.50. The molecule has 0 heterocycles. The number of benzene rings is 3. The van der Waals surface area contributed by atoms with Crippen LogP contribution in [0, 0.1) is 5.21 Å². The summed E-state index contributed by atoms with van der Waals surface area (Å²) in [5.41, 5.74) is 3.44. The molecule has 0 spiro atoms. The van der Waals surface area contributed by atoms with Gasteiger partial charge in [-0.3, -0.25) is 4.65 Å². The number of hydrogen-bond acceptors (Lipinski definition) is 1. The average Bonchev–Trinajstić information content (AvgIpc) is 2.67. The first kappa shape index (κ1) is 16.4. The fraction of sp³-hybridized carbons (Fsp3) is 0.182. The van der Waals surface area contributed by atoms with Crippen molar-refractivity contribution in [1.82, 2.24) is 4.65 Å². The molecule has 2 nitrogen and oxygen atoms in total. The highest BCUT2D eigenvalue weighted by molar-refractivity contribution is 5.71. The summed E-state index contributed by atoms with van der Waals surface area (Å²) in [4.78, 5) is 0. The summed E-state index contributed by atoms with van der Waals surface area (Å²) < 4.78 is -0.574. The van der Waals surface area contributed by atoms with Crippen LogP contribution in [0.1, 0.15) is 25.3 Å². The van der Waals surface area contributed by atoms with E-state index in [0.717, 1.165) is 12.1 Å². The van der Waals surface area contributed by atoms with Gasteiger partial charge in [-0.2, -0.15) is 0 Å². The lowest BCUT2D eigenvalue weighted by Gasteiger charge is -2.41. The summed E-state index contributed by atoms with van der Waals surface area (Å²) in [5, 5.41) is 14.0. The van der Waals surface area contributed by atoms with Gasteiger partial charge in [0.15, 0.2) is 0 Å². The topological polar surface area (TPSA) is 23.1 Å². The zero-order valence-electron chi connectivity index (χ0n) is 14.1. The molecule has 122 valence electrons. The quantitative estimate of drug-likeness (QED) is 0.376. The van der Waals surface area contributed by atoms with Crippen LogP contribution < -0.4 is 4.65 Å². The Morgan fingerprint density at radius 2 is 1.12 bits per heavy atom. The maximum absolute atomic E-state index is 14.0. The van der Waals surface area contributed by atoms with Crippen molar-refractivity contribution in [3.8, 4) is 0 Å². The minimum absolute atomic E-state index is 0.574. The first-order chi connectivity index (χ1) is 11.7. The van der Waals surface area contributed by atoms with Gasteiger partial charge in [0, 0.05) is 36.4 Å². The van der Waals surface area contributed by atoms with E-state index in [2.05, 4.69) is 19.1 Å². The normalized spacial score (nSPS) is 11.4. The zero-order valence-corrected chi connectivity index (χ0v) is 14.1. The Hall–Kier alpha value is -2.42. The molecule has 0 aliphatic carbocycles. The number of unbranched alkanes of at least 4 members (excludes halogenated alkanes) is 1. The zero-order chi connectivity index (χ0) is 16.8. The highest BCUT2D eigenvalue weighted by atomic mass is 16.5. The Morgan fingerprint density at radius 3 is 1.58 bits per heavy atom. The van der Waals surface area contributed by atoms with Crippen LogP contribution in [0.5, 0.6) is 0 Å². The molecule has 2 heteroatoms. The van der Waals surface area contributed by atoms with Gasteiger partial charge in [-0.15, -0.1) is 0 Å². The maximum Gasteiger partial charge on any atom is 0.143 e. The molecule has 0 N–H and O–H groups in total. The highest BCUT2D eigenvalue weighted by Gasteiger charge is 2.26. The van der Waals surface area contributed by atoms with E-state index >= 15 is 0 Å². The second-order valence-corrected chi connectivity index (χ2v) is 6.05. The van der Waals surface area contributed by atoms with E-state index in [1.807, 2.05) is 72.8 Å². The first-order valence-corrected chi connectivity index (χ1v) is 8.56. The Morgan fingerprint density at radius 1 is 0.667 bits per heavy atom. The molecule has 0 saturated heterocycles. The lowest BCUT2D eigenvalue weighted by molar-refractivity contribution is 0.692. The lowest BCUT2D eigenvalue weighted by Crippen LogP contribution is -2.31. The molecule has 24 heavy (non-hydrogen) atoms. The second kappa shape index (κ2) is 7.43. The molecule has 0 bridgehead atoms. The van der Waals surface area contributed by atoms with Gasteiger partial charge in [0.05, 0.1) is 0 Å². The van der Waals surface area contributed by atoms with Crippen LogP contribution in [0.15, 0.2) is 84.9 Å². The molecule has 0 aliphatic heterocycles. The molecule has 0 aromatic heterocycles. The third-order valence-electron chi connectivity index (χ3n) is 4.36. The number of quaternary nitrogens is 1. The predicted molar refractivity (Wildman–Crippen MR) is 102 cm³/mol. The van der Waals surface area contributed by atoms with Crippen LogP contribution in [0.25, 0.3) is 0 Å². The molecule has 0 aliphatic rings. The van der Waals surface area contributed by atoms with Gasteiger partial charge < -0.3 is 5.21 Å². The summed E-state index contributed by atoms with van der Waals surface area (Å²) in [6.07, 6.45) is 3.41. The molecular formula is C22H23NO. The highest BCUT2D eigenvalue weighted by Crippen LogP contribution is 2.42. The van der Waals surface area contributed by atoms with Crippen molar-refractivity contribution in [1.29, 1.82) is 0 Å². The maximum atomic E-state index is 14.0. The third-order valence-corrected chi connectivity index (χ3v) is 4.36. The fourth-order valence-electron chi connectivity index (χ4n) is 2.98. The van der Waals surface area contributed by atoms with E-state index in [1.54, 1.807) is 0 Å². The van der Waals surface area contributed by atoms with Gasteiger partial charge in [-0.05, 0) is 18.4 Å². The van der Waals surface area contributed by atoms with Gasteiger partial charge in [0.25, 0.3) is 0 Å². The van der Waals surface area contributed by atoms with E-state index < -0.39 is 4.65 Å². The van der Waals surface area contributed by atoms with Gasteiger partial charge in [0.2, 0.25) is 0 Å². The molecule has 3 aromatic carbocycles. The number of hydrogen-bond donors (Lipinski definition) is 0. The van der Waals surface area contributed by atoms with Crippen LogP contribution in [-0.4, -0.2) is 0 Å². The van der Waals surface area contributed by atoms with Crippen molar-refractivity contribution >= 4 is 17.1 Å². The molecule has 0 amide bonds. The smallest absolute Gasteiger partial charge is 0.143 e. The SMILES string of the molecule is CCCCc1ccc([N+]([O-])(c2ccccc2)c2ccccc2)cc1. The second-order valence-electron chi connectivity index (χ2n) is 6.05. The van der Waals surface area contributed by atoms with E-state index in [9.17, 15) is 5.21 Å². The average molecular weight is 317 g/mol. The minimum atomic E-state index is -0.574. The molecule has 3 rings (SSSR count). The summed E-state index contributed by atoms with van der Waals surface area (Å²) in [5.74, 6) is 0. The summed E-state index contributed by atoms with van der Waals surface area (Å²) in [7, 11) is 0. The standard InChI is InChI=1S/C22H23NO/c1-2-3-10-19-15-17-22(18-16-19)23(24,20-11-6-4-7-12-20)21-13-8-5-9-14-21/h4-9,11-18H,2-3,10H2,1H3. The molecule has 0 fully saturated rings. The third kappa shape index (κ3) is 3.25. The van der Waals surface area contributed by atoms with Crippen LogP contribution >= 0.6 is 0 Å². The largest absolute Gasteiger partial charge is 0.616 e. The van der Waals surface area contributed by atoms with Crippen LogP contribution in [0.4, 0.5) is 17.1 Å². The van der Waals surface area contributed by atoms with E-state index in [-0.39, 0.29) is 0 Å². The summed E-state index contributed by atoms with van der Waals surface area (Å²) >= 11 is 0. The van der Waals surface area contributed by atoms with E-state index in [4.69, 9.17) is 0 Å². The Labute approximate surface area is 144 Å². The van der Waals surface area contributed by atoms with Crippen molar-refractivity contribution in [2.75, 3.05) is 0 Å². The van der Waals surface area contributed by atoms with Gasteiger partial charge in [-0.1, -0.05) is 61.9 Å². The van der Waals surface area contributed by atoms with E-state index in [1.165, 1.54) is 18.4 Å². The number of para-hydroxylation sites is 2. The van der Waals surface area contributed by atoms with Crippen molar-refractivity contribution in [2.24, 2.45) is 0 Å². The number of aryl methyl sites for hydroxylation is 1. The molecular weight excluding hydrogens is 294 g/mol. The fourth-order valence-corrected chi connectivity index (χ4v) is 2.98. The van der Waals surface area contributed by atoms with Crippen LogP contribution in [0.3, 0.4) is 0 Å². The monoisotopic (exact) mass is 317 g/mol. The molecule has 0 radical (unpaired) electrons. The van der Waals surface area contributed by atoms with Crippen molar-refractivity contribution in [3.05, 3.63) is 95.7 Å². The van der Waals surface area contributed by atoms with Gasteiger partial charge >= 0.3 is 0 Å². The summed E-state index contributed by atoms with van der Waals surface area (Å²) in [6, 6.07) is 27.2. The molecule has 0 atom stereocenters. The first-order valence-electron chi connectivity index (χ1n) is 8.56. The molecule has 0 saturated carbocycles. The van der Waals surface area contributed by atoms with Gasteiger partial charge in [-0.25, -0.2) is 0 Å². The minimum Gasteiger partial charge on any atom is -0.616 e. The molecule has 0 unspecified atom stereocenters. The summed E-state index contributed by atoms with van der Waals surface area (Å²) in [6.45, 7) is 2.19. The van der Waals surface area contributed by atoms with Crippen molar-refractivity contribution < 1.29 is 0 Å². The van der Waals surface area contributed by atoms with Crippen molar-refractivity contribution in [3.63, 3.8) is 0 Å². The van der Waals surface area contributed by atoms with Gasteiger partial charge in [0.1, 0.15) is 17.1 Å². The lowest BCUT2D eigenvalue weighted by atomic mass is 10.1. The van der Waals surface area contributed by atoms with E-state index in [0.29, 0.717) is 11.4 Å². The number of nitrogens with zero attached hydrogens (tertiary/aromatic N) is 1. The molecule has 3 aromatic rings. The van der Waals surface area contributed by atoms with Crippen LogP contribution in [-0.2, 0) is 6.42 Å². The Bertz CT molecular complexity index is 711. The van der Waals surface area contributed by atoms with Crippen molar-refractivity contribution in [2.45, 2.75) is 26.2 Å².